The zero-order valence-corrected chi connectivity index (χ0v) is 21.0. The van der Waals surface area contributed by atoms with Crippen LogP contribution in [0.25, 0.3) is 11.1 Å². The van der Waals surface area contributed by atoms with Gasteiger partial charge >= 0.3 is 6.18 Å². The van der Waals surface area contributed by atoms with Crippen LogP contribution in [0.4, 0.5) is 22.0 Å². The lowest BCUT2D eigenvalue weighted by molar-refractivity contribution is -0.154. The van der Waals surface area contributed by atoms with Gasteiger partial charge in [0, 0.05) is 24.3 Å². The number of nitrogens with zero attached hydrogens (tertiary/aromatic N) is 2. The number of fused-ring (bicyclic) bond motifs is 1. The minimum atomic E-state index is -4.51. The van der Waals surface area contributed by atoms with E-state index in [-0.39, 0.29) is 56.0 Å². The summed E-state index contributed by atoms with van der Waals surface area (Å²) in [6, 6.07) is 2.16. The molecular formula is C26H27F5N4O4. The third kappa shape index (κ3) is 5.76. The highest BCUT2D eigenvalue weighted by molar-refractivity contribution is 5.93. The smallest absolute Gasteiger partial charge is 0.408 e. The quantitative estimate of drug-likeness (QED) is 0.385. The largest absolute Gasteiger partial charge is 0.438 e. The first-order valence-corrected chi connectivity index (χ1v) is 12.8. The molecule has 3 aromatic rings. The maximum atomic E-state index is 13.9. The van der Waals surface area contributed by atoms with Crippen molar-refractivity contribution in [2.75, 3.05) is 0 Å². The van der Waals surface area contributed by atoms with Crippen molar-refractivity contribution in [2.24, 2.45) is 11.8 Å². The second kappa shape index (κ2) is 10.2. The number of alkyl halides is 5. The number of halogens is 5. The van der Waals surface area contributed by atoms with E-state index in [1.165, 1.54) is 6.26 Å². The first-order chi connectivity index (χ1) is 18.4. The Balaban J connectivity index is 1.39. The normalized spacial score (nSPS) is 22.7. The standard InChI is InChI=1S/C26H27F5N4O4/c1-2-14-12-38-35-20(14)23(37)34-21(15-5-7-25(27,28)8-6-15)24-32-17-10-13(3-4-18(17)39-24)9-16-11-19(26(29,30)31)33-22(16)36/h3-4,10,12,15-16,19,21H,2,5-9,11H2,1H3,(H,33,36)(H,34,37)/t16-,19-,21-/m0/s1. The number of hydrogen-bond acceptors (Lipinski definition) is 6. The van der Waals surface area contributed by atoms with Gasteiger partial charge in [0.25, 0.3) is 5.91 Å². The van der Waals surface area contributed by atoms with Gasteiger partial charge < -0.3 is 19.6 Å². The van der Waals surface area contributed by atoms with E-state index >= 15 is 0 Å². The van der Waals surface area contributed by atoms with Crippen molar-refractivity contribution < 1.29 is 40.5 Å². The van der Waals surface area contributed by atoms with Crippen LogP contribution in [0.5, 0.6) is 0 Å². The second-order valence-electron chi connectivity index (χ2n) is 10.3. The summed E-state index contributed by atoms with van der Waals surface area (Å²) in [7, 11) is 0. The Hall–Kier alpha value is -3.51. The Morgan fingerprint density at radius 1 is 1.26 bits per heavy atom. The van der Waals surface area contributed by atoms with Crippen LogP contribution in [0.1, 0.15) is 72.6 Å². The fourth-order valence-corrected chi connectivity index (χ4v) is 5.35. The molecule has 0 spiro atoms. The maximum Gasteiger partial charge on any atom is 0.408 e. The van der Waals surface area contributed by atoms with Crippen LogP contribution in [0.3, 0.4) is 0 Å². The van der Waals surface area contributed by atoms with E-state index in [1.54, 1.807) is 18.2 Å². The topological polar surface area (TPSA) is 110 Å². The number of benzene rings is 1. The highest BCUT2D eigenvalue weighted by Gasteiger charge is 2.47. The number of oxazole rings is 1. The molecule has 1 aromatic carbocycles. The fraction of sp³-hybridized carbons (Fsp3) is 0.538. The van der Waals surface area contributed by atoms with Crippen molar-refractivity contribution >= 4 is 22.9 Å². The van der Waals surface area contributed by atoms with Crippen LogP contribution in [-0.2, 0) is 17.6 Å². The number of aromatic nitrogens is 2. The Morgan fingerprint density at radius 2 is 2.00 bits per heavy atom. The van der Waals surface area contributed by atoms with Gasteiger partial charge in [0.2, 0.25) is 17.7 Å². The molecule has 2 aromatic heterocycles. The zero-order chi connectivity index (χ0) is 27.9. The molecule has 3 heterocycles. The Bertz CT molecular complexity index is 1360. The van der Waals surface area contributed by atoms with Gasteiger partial charge in [-0.15, -0.1) is 0 Å². The molecule has 8 nitrogen and oxygen atoms in total. The molecule has 2 fully saturated rings. The van der Waals surface area contributed by atoms with Crippen LogP contribution in [-0.4, -0.2) is 40.1 Å². The summed E-state index contributed by atoms with van der Waals surface area (Å²) >= 11 is 0. The monoisotopic (exact) mass is 554 g/mol. The molecule has 0 unspecified atom stereocenters. The van der Waals surface area contributed by atoms with E-state index in [0.29, 0.717) is 28.6 Å². The minimum Gasteiger partial charge on any atom is -0.438 e. The summed E-state index contributed by atoms with van der Waals surface area (Å²) in [6.45, 7) is 1.83. The Labute approximate surface area is 219 Å². The predicted octanol–water partition coefficient (Wildman–Crippen LogP) is 5.28. The number of amides is 2. The molecule has 0 bridgehead atoms. The second-order valence-corrected chi connectivity index (χ2v) is 10.3. The van der Waals surface area contributed by atoms with E-state index in [0.717, 1.165) is 0 Å². The number of nitrogens with one attached hydrogen (secondary N) is 2. The summed E-state index contributed by atoms with van der Waals surface area (Å²) in [6.07, 6.45) is -3.30. The van der Waals surface area contributed by atoms with E-state index in [4.69, 9.17) is 8.94 Å². The van der Waals surface area contributed by atoms with Gasteiger partial charge in [-0.05, 0) is 55.7 Å². The molecule has 0 radical (unpaired) electrons. The zero-order valence-electron chi connectivity index (χ0n) is 21.0. The van der Waals surface area contributed by atoms with E-state index in [2.05, 4.69) is 15.5 Å². The fourth-order valence-electron chi connectivity index (χ4n) is 5.35. The highest BCUT2D eigenvalue weighted by Crippen LogP contribution is 2.42. The van der Waals surface area contributed by atoms with Crippen LogP contribution < -0.4 is 10.6 Å². The molecule has 210 valence electrons. The van der Waals surface area contributed by atoms with E-state index < -0.39 is 41.9 Å². The predicted molar refractivity (Wildman–Crippen MR) is 127 cm³/mol. The van der Waals surface area contributed by atoms with Gasteiger partial charge in [-0.25, -0.2) is 13.8 Å². The highest BCUT2D eigenvalue weighted by atomic mass is 19.4. The molecule has 1 aliphatic carbocycles. The molecule has 5 rings (SSSR count). The molecule has 2 amide bonds. The van der Waals surface area contributed by atoms with E-state index in [9.17, 15) is 31.5 Å². The molecule has 39 heavy (non-hydrogen) atoms. The van der Waals surface area contributed by atoms with Crippen molar-refractivity contribution in [3.05, 3.63) is 47.2 Å². The molecule has 3 atom stereocenters. The lowest BCUT2D eigenvalue weighted by Crippen LogP contribution is -2.38. The third-order valence-corrected chi connectivity index (χ3v) is 7.58. The number of aryl methyl sites for hydroxylation is 1. The first-order valence-electron chi connectivity index (χ1n) is 12.8. The van der Waals surface area contributed by atoms with Crippen molar-refractivity contribution in [1.82, 2.24) is 20.8 Å². The van der Waals surface area contributed by atoms with Crippen LogP contribution >= 0.6 is 0 Å². The molecule has 2 aliphatic rings. The summed E-state index contributed by atoms with van der Waals surface area (Å²) in [4.78, 5) is 29.7. The average Bonchev–Trinajstić information content (AvgIpc) is 3.60. The molecule has 13 heteroatoms. The van der Waals surface area contributed by atoms with Crippen LogP contribution in [0.15, 0.2) is 33.4 Å². The van der Waals surface area contributed by atoms with Crippen molar-refractivity contribution in [3.63, 3.8) is 0 Å². The third-order valence-electron chi connectivity index (χ3n) is 7.58. The Kier molecular flexibility index (Phi) is 7.10. The van der Waals surface area contributed by atoms with Gasteiger partial charge in [0.05, 0.1) is 0 Å². The molecule has 1 saturated carbocycles. The van der Waals surface area contributed by atoms with Gasteiger partial charge in [0.1, 0.15) is 23.9 Å². The minimum absolute atomic E-state index is 0.0837. The average molecular weight is 555 g/mol. The van der Waals surface area contributed by atoms with Crippen LogP contribution in [0, 0.1) is 11.8 Å². The summed E-state index contributed by atoms with van der Waals surface area (Å²) < 4.78 is 77.7. The number of carbonyl (C=O) groups is 2. The SMILES string of the molecule is CCc1conc1C(=O)N[C@H](c1nc2cc(C[C@H]3C[C@@H](C(F)(F)F)NC3=O)ccc2o1)C1CCC(F)(F)CC1. The summed E-state index contributed by atoms with van der Waals surface area (Å²) in [5, 5.41) is 8.61. The Morgan fingerprint density at radius 3 is 2.67 bits per heavy atom. The maximum absolute atomic E-state index is 13.9. The number of carbonyl (C=O) groups excluding carboxylic acids is 2. The molecule has 1 saturated heterocycles. The summed E-state index contributed by atoms with van der Waals surface area (Å²) in [5.74, 6) is -5.07. The van der Waals surface area contributed by atoms with Gasteiger partial charge in [-0.3, -0.25) is 9.59 Å². The van der Waals surface area contributed by atoms with E-state index in [1.807, 2.05) is 12.2 Å². The lowest BCUT2D eigenvalue weighted by Gasteiger charge is -2.32. The van der Waals surface area contributed by atoms with Crippen molar-refractivity contribution in [1.29, 1.82) is 0 Å². The number of rotatable bonds is 7. The van der Waals surface area contributed by atoms with Crippen molar-refractivity contribution in [2.45, 2.75) is 76.1 Å². The molecule has 2 N–H and O–H groups in total. The molecular weight excluding hydrogens is 527 g/mol. The van der Waals surface area contributed by atoms with Crippen LogP contribution in [0.2, 0.25) is 0 Å². The number of hydrogen-bond donors (Lipinski definition) is 2. The lowest BCUT2D eigenvalue weighted by atomic mass is 9.82. The van der Waals surface area contributed by atoms with Gasteiger partial charge in [-0.1, -0.05) is 18.1 Å². The summed E-state index contributed by atoms with van der Waals surface area (Å²) in [5.41, 5.74) is 2.01. The van der Waals surface area contributed by atoms with Gasteiger partial charge in [-0.2, -0.15) is 13.2 Å². The molecule has 1 aliphatic heterocycles. The van der Waals surface area contributed by atoms with Crippen molar-refractivity contribution in [3.8, 4) is 0 Å². The van der Waals surface area contributed by atoms with Gasteiger partial charge in [0.15, 0.2) is 11.3 Å². The first kappa shape index (κ1) is 27.1.